The van der Waals surface area contributed by atoms with Crippen molar-refractivity contribution in [1.29, 1.82) is 0 Å². The van der Waals surface area contributed by atoms with Gasteiger partial charge in [0.15, 0.2) is 0 Å². The molecule has 0 aliphatic carbocycles. The van der Waals surface area contributed by atoms with Crippen LogP contribution < -0.4 is 0 Å². The molecule has 0 amide bonds. The molecule has 1 nitrogen and oxygen atoms in total. The molecule has 92 valence electrons. The van der Waals surface area contributed by atoms with Crippen LogP contribution in [0.25, 0.3) is 0 Å². The Labute approximate surface area is 113 Å². The molecule has 2 rings (SSSR count). The van der Waals surface area contributed by atoms with Crippen molar-refractivity contribution in [2.45, 2.75) is 19.3 Å². The Bertz CT molecular complexity index is 304. The van der Waals surface area contributed by atoms with Gasteiger partial charge in [-0.1, -0.05) is 46.3 Å². The summed E-state index contributed by atoms with van der Waals surface area (Å²) in [5, 5.41) is 1.13. The number of hydrogen-bond donors (Lipinski definition) is 0. The quantitative estimate of drug-likeness (QED) is 0.591. The van der Waals surface area contributed by atoms with Crippen LogP contribution in [0.2, 0.25) is 0 Å². The van der Waals surface area contributed by atoms with E-state index in [0.717, 1.165) is 11.9 Å². The smallest absolute Gasteiger partial charge is 0.0109 e. The van der Waals surface area contributed by atoms with Crippen LogP contribution >= 0.6 is 15.9 Å². The molecule has 0 bridgehead atoms. The number of benzene rings is 1. The Hall–Kier alpha value is -0.340. The van der Waals surface area contributed by atoms with Gasteiger partial charge in [-0.2, -0.15) is 0 Å². The van der Waals surface area contributed by atoms with E-state index in [1.165, 1.54) is 43.8 Å². The summed E-state index contributed by atoms with van der Waals surface area (Å²) in [6, 6.07) is 10.8. The zero-order valence-electron chi connectivity index (χ0n) is 10.2. The molecule has 2 heteroatoms. The zero-order valence-corrected chi connectivity index (χ0v) is 11.8. The summed E-state index contributed by atoms with van der Waals surface area (Å²) in [5.74, 6) is 1.52. The number of hydrogen-bond acceptors (Lipinski definition) is 1. The minimum atomic E-state index is 1.12. The number of rotatable bonds is 5. The molecule has 2 radical (unpaired) electrons. The van der Waals surface area contributed by atoms with Gasteiger partial charge in [0.2, 0.25) is 0 Å². The summed E-state index contributed by atoms with van der Waals surface area (Å²) >= 11 is 3.48. The zero-order chi connectivity index (χ0) is 11.9. The molecule has 0 saturated carbocycles. The maximum absolute atomic E-state index is 3.48. The lowest BCUT2D eigenvalue weighted by atomic mass is 9.89. The predicted molar refractivity (Wildman–Crippen MR) is 77.2 cm³/mol. The van der Waals surface area contributed by atoms with E-state index in [1.807, 2.05) is 0 Å². The van der Waals surface area contributed by atoms with Crippen molar-refractivity contribution >= 4 is 15.9 Å². The molecule has 1 aliphatic heterocycles. The first-order valence-corrected chi connectivity index (χ1v) is 7.55. The van der Waals surface area contributed by atoms with Crippen LogP contribution in [-0.4, -0.2) is 29.9 Å². The van der Waals surface area contributed by atoms with Crippen LogP contribution in [0, 0.1) is 12.3 Å². The van der Waals surface area contributed by atoms with Gasteiger partial charge in [0.1, 0.15) is 0 Å². The molecule has 17 heavy (non-hydrogen) atoms. The van der Waals surface area contributed by atoms with E-state index in [4.69, 9.17) is 0 Å². The lowest BCUT2D eigenvalue weighted by Gasteiger charge is -2.31. The lowest BCUT2D eigenvalue weighted by Crippen LogP contribution is -2.34. The van der Waals surface area contributed by atoms with E-state index < -0.39 is 0 Å². The second-order valence-electron chi connectivity index (χ2n) is 4.54. The van der Waals surface area contributed by atoms with Crippen molar-refractivity contribution in [3.05, 3.63) is 48.2 Å². The Morgan fingerprint density at radius 2 is 1.94 bits per heavy atom. The molecule has 0 unspecified atom stereocenters. The number of halogens is 1. The fourth-order valence-electron chi connectivity index (χ4n) is 2.26. The number of nitrogens with zero attached hydrogens (tertiary/aromatic N) is 1. The number of likely N-dealkylation sites (tertiary alicyclic amines) is 1. The molecule has 1 aromatic rings. The summed E-state index contributed by atoms with van der Waals surface area (Å²) in [4.78, 5) is 2.55. The Balaban J connectivity index is 1.74. The summed E-state index contributed by atoms with van der Waals surface area (Å²) in [5.41, 5.74) is 1.40. The number of alkyl halides is 1. The maximum atomic E-state index is 3.48. The highest BCUT2D eigenvalue weighted by molar-refractivity contribution is 9.09. The summed E-state index contributed by atoms with van der Waals surface area (Å²) < 4.78 is 0. The third-order valence-electron chi connectivity index (χ3n) is 3.30. The second-order valence-corrected chi connectivity index (χ2v) is 5.34. The lowest BCUT2D eigenvalue weighted by molar-refractivity contribution is 0.270. The van der Waals surface area contributed by atoms with Gasteiger partial charge in [-0.05, 0) is 44.3 Å². The number of unbranched alkanes of at least 4 members (excludes halogenated alkanes) is 1. The van der Waals surface area contributed by atoms with Gasteiger partial charge >= 0.3 is 0 Å². The molecule has 1 saturated heterocycles. The Morgan fingerprint density at radius 3 is 2.59 bits per heavy atom. The third-order valence-corrected chi connectivity index (χ3v) is 3.86. The van der Waals surface area contributed by atoms with E-state index in [0.29, 0.717) is 0 Å². The molecular weight excluding hydrogens is 274 g/mol. The van der Waals surface area contributed by atoms with E-state index in [9.17, 15) is 0 Å². The van der Waals surface area contributed by atoms with Crippen molar-refractivity contribution < 1.29 is 0 Å². The maximum Gasteiger partial charge on any atom is 0.0109 e. The van der Waals surface area contributed by atoms with Gasteiger partial charge in [-0.25, -0.2) is 0 Å². The fraction of sp³-hybridized carbons (Fsp3) is 0.467. The van der Waals surface area contributed by atoms with Crippen LogP contribution in [0.3, 0.4) is 0 Å². The minimum Gasteiger partial charge on any atom is -0.303 e. The molecule has 0 atom stereocenters. The van der Waals surface area contributed by atoms with Crippen LogP contribution in [-0.2, 0) is 0 Å². The predicted octanol–water partition coefficient (Wildman–Crippen LogP) is 3.69. The van der Waals surface area contributed by atoms with Crippen molar-refractivity contribution in [3.8, 4) is 0 Å². The molecular formula is C15H20BrN. The van der Waals surface area contributed by atoms with Gasteiger partial charge in [0, 0.05) is 17.8 Å². The van der Waals surface area contributed by atoms with Crippen LogP contribution in [0.1, 0.15) is 24.8 Å². The normalized spacial score (nSPS) is 18.4. The van der Waals surface area contributed by atoms with Crippen molar-refractivity contribution in [3.63, 3.8) is 0 Å². The number of piperidine rings is 1. The van der Waals surface area contributed by atoms with Gasteiger partial charge in [-0.3, -0.25) is 0 Å². The molecule has 1 fully saturated rings. The Morgan fingerprint density at radius 1 is 1.12 bits per heavy atom. The van der Waals surface area contributed by atoms with Gasteiger partial charge in [0.25, 0.3) is 0 Å². The second kappa shape index (κ2) is 7.17. The van der Waals surface area contributed by atoms with Crippen molar-refractivity contribution in [2.75, 3.05) is 25.0 Å². The third kappa shape index (κ3) is 4.11. The van der Waals surface area contributed by atoms with Gasteiger partial charge in [-0.15, -0.1) is 0 Å². The molecule has 1 heterocycles. The standard InChI is InChI=1S/C15H20BrN/c16-10-4-5-11-17-12-8-15(9-13-17)14-6-2-1-3-7-14/h1-3,6-8H,4-5,9-13H2. The fourth-order valence-corrected chi connectivity index (χ4v) is 2.66. The van der Waals surface area contributed by atoms with E-state index in [2.05, 4.69) is 57.6 Å². The van der Waals surface area contributed by atoms with Crippen molar-refractivity contribution in [1.82, 2.24) is 4.90 Å². The highest BCUT2D eigenvalue weighted by Gasteiger charge is 2.20. The minimum absolute atomic E-state index is 1.12. The first kappa shape index (κ1) is 13.1. The van der Waals surface area contributed by atoms with Crippen LogP contribution in [0.15, 0.2) is 30.3 Å². The van der Waals surface area contributed by atoms with Gasteiger partial charge in [0.05, 0.1) is 0 Å². The molecule has 1 aromatic carbocycles. The SMILES string of the molecule is BrCCCCN1C[CH][C](c2ccccc2)CC1. The summed E-state index contributed by atoms with van der Waals surface area (Å²) in [7, 11) is 0. The molecule has 0 aromatic heterocycles. The first-order chi connectivity index (χ1) is 8.40. The van der Waals surface area contributed by atoms with Crippen LogP contribution in [0.5, 0.6) is 0 Å². The summed E-state index contributed by atoms with van der Waals surface area (Å²) in [6.45, 7) is 3.57. The summed E-state index contributed by atoms with van der Waals surface area (Å²) in [6.07, 6.45) is 6.18. The highest BCUT2D eigenvalue weighted by Crippen LogP contribution is 2.25. The average Bonchev–Trinajstić information content (AvgIpc) is 2.41. The highest BCUT2D eigenvalue weighted by atomic mass is 79.9. The Kier molecular flexibility index (Phi) is 5.53. The van der Waals surface area contributed by atoms with E-state index in [1.54, 1.807) is 0 Å². The van der Waals surface area contributed by atoms with E-state index in [-0.39, 0.29) is 0 Å². The van der Waals surface area contributed by atoms with E-state index >= 15 is 0 Å². The van der Waals surface area contributed by atoms with Crippen molar-refractivity contribution in [2.24, 2.45) is 0 Å². The van der Waals surface area contributed by atoms with Gasteiger partial charge < -0.3 is 4.90 Å². The molecule has 1 aliphatic rings. The average molecular weight is 294 g/mol. The van der Waals surface area contributed by atoms with Crippen LogP contribution in [0.4, 0.5) is 0 Å². The first-order valence-electron chi connectivity index (χ1n) is 6.43. The molecule has 0 spiro atoms. The molecule has 0 N–H and O–H groups in total. The largest absolute Gasteiger partial charge is 0.303 e. The topological polar surface area (TPSA) is 3.24 Å². The monoisotopic (exact) mass is 293 g/mol.